The fourth-order valence-electron chi connectivity index (χ4n) is 2.24. The summed E-state index contributed by atoms with van der Waals surface area (Å²) in [5.41, 5.74) is 1.45. The average molecular weight is 412 g/mol. The summed E-state index contributed by atoms with van der Waals surface area (Å²) in [5.74, 6) is 1.60. The molecule has 3 aromatic heterocycles. The Kier molecular flexibility index (Phi) is 5.55. The number of nitrogens with one attached hydrogen (secondary N) is 1. The number of carbonyl (C=O) groups is 1. The first-order valence-corrected chi connectivity index (χ1v) is 9.30. The Balaban J connectivity index is 1.66. The topological polar surface area (TPSA) is 85.8 Å². The fourth-order valence-corrected chi connectivity index (χ4v) is 3.35. The van der Waals surface area contributed by atoms with Gasteiger partial charge in [-0.25, -0.2) is 4.98 Å². The van der Waals surface area contributed by atoms with Crippen molar-refractivity contribution in [2.75, 3.05) is 11.1 Å². The minimum atomic E-state index is -0.254. The van der Waals surface area contributed by atoms with Crippen molar-refractivity contribution in [1.82, 2.24) is 19.7 Å². The van der Waals surface area contributed by atoms with Crippen molar-refractivity contribution in [1.29, 1.82) is 0 Å². The van der Waals surface area contributed by atoms with E-state index in [2.05, 4.69) is 20.5 Å². The maximum Gasteiger partial charge on any atom is 0.236 e. The number of anilines is 1. The molecule has 0 saturated heterocycles. The fraction of sp³-hybridized carbons (Fsp3) is 0.250. The lowest BCUT2D eigenvalue weighted by atomic mass is 10.2. The van der Waals surface area contributed by atoms with Crippen LogP contribution in [0.1, 0.15) is 11.5 Å². The lowest BCUT2D eigenvalue weighted by Gasteiger charge is -2.08. The van der Waals surface area contributed by atoms with Crippen molar-refractivity contribution in [2.45, 2.75) is 19.0 Å². The molecule has 0 spiro atoms. The number of furan rings is 1. The number of pyridine rings is 1. The van der Waals surface area contributed by atoms with Gasteiger partial charge in [0.1, 0.15) is 5.76 Å². The van der Waals surface area contributed by atoms with Crippen molar-refractivity contribution in [3.05, 3.63) is 39.9 Å². The molecule has 10 heteroatoms. The number of carbonyl (C=O) groups excluding carboxylic acids is 1. The van der Waals surface area contributed by atoms with Gasteiger partial charge in [-0.2, -0.15) is 0 Å². The van der Waals surface area contributed by atoms with Crippen LogP contribution in [0.2, 0.25) is 10.0 Å². The normalized spacial score (nSPS) is 11.0. The van der Waals surface area contributed by atoms with Crippen molar-refractivity contribution in [3.63, 3.8) is 0 Å². The number of nitrogens with zero attached hydrogens (tertiary/aromatic N) is 4. The molecule has 1 N–H and O–H groups in total. The van der Waals surface area contributed by atoms with E-state index in [0.29, 0.717) is 21.7 Å². The number of hydrogen-bond acceptors (Lipinski definition) is 6. The predicted molar refractivity (Wildman–Crippen MR) is 102 cm³/mol. The van der Waals surface area contributed by atoms with E-state index in [1.54, 1.807) is 19.3 Å². The van der Waals surface area contributed by atoms with Gasteiger partial charge in [-0.1, -0.05) is 35.0 Å². The van der Waals surface area contributed by atoms with Gasteiger partial charge >= 0.3 is 0 Å². The van der Waals surface area contributed by atoms with E-state index in [-0.39, 0.29) is 22.5 Å². The lowest BCUT2D eigenvalue weighted by Crippen LogP contribution is -2.16. The molecule has 0 aromatic carbocycles. The van der Waals surface area contributed by atoms with Gasteiger partial charge in [0.05, 0.1) is 33.3 Å². The Labute approximate surface area is 164 Å². The number of aryl methyl sites for hydroxylation is 2. The van der Waals surface area contributed by atoms with Crippen LogP contribution < -0.4 is 5.32 Å². The molecule has 3 aromatic rings. The highest BCUT2D eigenvalue weighted by Gasteiger charge is 2.16. The molecule has 0 fully saturated rings. The summed E-state index contributed by atoms with van der Waals surface area (Å²) in [7, 11) is 1.84. The Morgan fingerprint density at radius 2 is 2.08 bits per heavy atom. The second kappa shape index (κ2) is 7.69. The summed E-state index contributed by atoms with van der Waals surface area (Å²) >= 11 is 13.3. The molecule has 0 aliphatic rings. The first kappa shape index (κ1) is 18.8. The summed E-state index contributed by atoms with van der Waals surface area (Å²) in [4.78, 5) is 16.4. The van der Waals surface area contributed by atoms with E-state index in [4.69, 9.17) is 27.6 Å². The summed E-state index contributed by atoms with van der Waals surface area (Å²) in [6, 6.07) is 3.38. The van der Waals surface area contributed by atoms with Crippen LogP contribution in [0.25, 0.3) is 11.4 Å². The number of hydrogen-bond donors (Lipinski definition) is 1. The van der Waals surface area contributed by atoms with E-state index in [0.717, 1.165) is 11.3 Å². The van der Waals surface area contributed by atoms with Crippen LogP contribution >= 0.6 is 35.0 Å². The van der Waals surface area contributed by atoms with Crippen molar-refractivity contribution in [3.8, 4) is 11.4 Å². The maximum atomic E-state index is 12.2. The molecule has 136 valence electrons. The third-order valence-corrected chi connectivity index (χ3v) is 5.32. The van der Waals surface area contributed by atoms with Gasteiger partial charge in [-0.05, 0) is 26.0 Å². The van der Waals surface area contributed by atoms with Gasteiger partial charge in [0, 0.05) is 7.05 Å². The zero-order valence-corrected chi connectivity index (χ0v) is 16.5. The molecule has 7 nitrogen and oxygen atoms in total. The molecular weight excluding hydrogens is 397 g/mol. The van der Waals surface area contributed by atoms with Crippen LogP contribution in [0.3, 0.4) is 0 Å². The maximum absolute atomic E-state index is 12.2. The van der Waals surface area contributed by atoms with Crippen molar-refractivity contribution in [2.24, 2.45) is 7.05 Å². The summed E-state index contributed by atoms with van der Waals surface area (Å²) < 4.78 is 7.11. The van der Waals surface area contributed by atoms with Crippen molar-refractivity contribution >= 4 is 46.7 Å². The molecule has 3 heterocycles. The lowest BCUT2D eigenvalue weighted by molar-refractivity contribution is -0.113. The van der Waals surface area contributed by atoms with Crippen LogP contribution in [0.5, 0.6) is 0 Å². The minimum Gasteiger partial charge on any atom is -0.469 e. The smallest absolute Gasteiger partial charge is 0.236 e. The molecule has 0 atom stereocenters. The van der Waals surface area contributed by atoms with E-state index in [1.165, 1.54) is 11.8 Å². The van der Waals surface area contributed by atoms with E-state index < -0.39 is 0 Å². The van der Waals surface area contributed by atoms with E-state index in [1.807, 2.05) is 24.6 Å². The standard InChI is InChI=1S/C16H15Cl2N5O2S/c1-8-11(17)6-12(18)14(19-8)20-13(24)7-26-16-22-21-15(23(16)3)10-4-5-25-9(10)2/h4-6H,7H2,1-3H3,(H,19,20,24). The second-order valence-corrected chi connectivity index (χ2v) is 7.24. The highest BCUT2D eigenvalue weighted by atomic mass is 35.5. The number of thioether (sulfide) groups is 1. The van der Waals surface area contributed by atoms with Gasteiger partial charge < -0.3 is 14.3 Å². The Morgan fingerprint density at radius 1 is 1.31 bits per heavy atom. The predicted octanol–water partition coefficient (Wildman–Crippen LogP) is 4.12. The first-order chi connectivity index (χ1) is 12.4. The molecule has 3 rings (SSSR count). The largest absolute Gasteiger partial charge is 0.469 e. The van der Waals surface area contributed by atoms with Crippen LogP contribution in [-0.2, 0) is 11.8 Å². The molecule has 0 bridgehead atoms. The molecular formula is C16H15Cl2N5O2S. The Hall–Kier alpha value is -2.03. The van der Waals surface area contributed by atoms with Gasteiger partial charge in [-0.15, -0.1) is 10.2 Å². The third kappa shape index (κ3) is 3.87. The molecule has 0 radical (unpaired) electrons. The molecule has 0 aliphatic heterocycles. The molecule has 0 unspecified atom stereocenters. The van der Waals surface area contributed by atoms with Crippen LogP contribution in [0, 0.1) is 13.8 Å². The van der Waals surface area contributed by atoms with Gasteiger partial charge in [-0.3, -0.25) is 4.79 Å². The number of rotatable bonds is 5. The highest BCUT2D eigenvalue weighted by Crippen LogP contribution is 2.27. The molecule has 26 heavy (non-hydrogen) atoms. The van der Waals surface area contributed by atoms with Gasteiger partial charge in [0.25, 0.3) is 0 Å². The van der Waals surface area contributed by atoms with Crippen LogP contribution in [0.4, 0.5) is 5.82 Å². The number of amides is 1. The molecule has 0 saturated carbocycles. The molecule has 0 aliphatic carbocycles. The highest BCUT2D eigenvalue weighted by molar-refractivity contribution is 7.99. The Morgan fingerprint density at radius 3 is 2.77 bits per heavy atom. The van der Waals surface area contributed by atoms with E-state index >= 15 is 0 Å². The third-order valence-electron chi connectivity index (χ3n) is 3.63. The summed E-state index contributed by atoms with van der Waals surface area (Å²) in [5, 5.41) is 12.3. The zero-order valence-electron chi connectivity index (χ0n) is 14.2. The molecule has 1 amide bonds. The number of aromatic nitrogens is 4. The SMILES string of the molecule is Cc1nc(NC(=O)CSc2nnc(-c3ccoc3C)n2C)c(Cl)cc1Cl. The van der Waals surface area contributed by atoms with Crippen LogP contribution in [-0.4, -0.2) is 31.4 Å². The number of halogens is 2. The average Bonchev–Trinajstić information content (AvgIpc) is 3.16. The zero-order chi connectivity index (χ0) is 18.8. The van der Waals surface area contributed by atoms with Crippen molar-refractivity contribution < 1.29 is 9.21 Å². The summed E-state index contributed by atoms with van der Waals surface area (Å²) in [6.07, 6.45) is 1.60. The minimum absolute atomic E-state index is 0.135. The second-order valence-electron chi connectivity index (χ2n) is 5.48. The van der Waals surface area contributed by atoms with Gasteiger partial charge in [0.15, 0.2) is 16.8 Å². The Bertz CT molecular complexity index is 970. The summed E-state index contributed by atoms with van der Waals surface area (Å²) in [6.45, 7) is 3.59. The van der Waals surface area contributed by atoms with Crippen LogP contribution in [0.15, 0.2) is 28.0 Å². The van der Waals surface area contributed by atoms with Gasteiger partial charge in [0.2, 0.25) is 5.91 Å². The quantitative estimate of drug-likeness (QED) is 0.635. The monoisotopic (exact) mass is 411 g/mol. The first-order valence-electron chi connectivity index (χ1n) is 7.56. The van der Waals surface area contributed by atoms with E-state index in [9.17, 15) is 4.79 Å².